The third-order valence-electron chi connectivity index (χ3n) is 3.00. The molecule has 6 nitrogen and oxygen atoms in total. The van der Waals surface area contributed by atoms with E-state index in [1.54, 1.807) is 12.1 Å². The van der Waals surface area contributed by atoms with Gasteiger partial charge in [-0.2, -0.15) is 0 Å². The summed E-state index contributed by atoms with van der Waals surface area (Å²) in [5.41, 5.74) is 7.83. The number of hydrogen-bond acceptors (Lipinski definition) is 4. The van der Waals surface area contributed by atoms with Crippen LogP contribution in [0.4, 0.5) is 5.69 Å². The van der Waals surface area contributed by atoms with Gasteiger partial charge in [-0.1, -0.05) is 6.07 Å². The van der Waals surface area contributed by atoms with Crippen molar-refractivity contribution in [1.29, 1.82) is 0 Å². The Labute approximate surface area is 122 Å². The molecule has 0 atom stereocenters. The van der Waals surface area contributed by atoms with Crippen molar-refractivity contribution in [2.45, 2.75) is 19.3 Å². The quantitative estimate of drug-likeness (QED) is 0.549. The molecule has 0 aliphatic heterocycles. The summed E-state index contributed by atoms with van der Waals surface area (Å²) in [4.78, 5) is 26.5. The minimum atomic E-state index is -0.861. The lowest BCUT2D eigenvalue weighted by molar-refractivity contribution is -0.137. The lowest BCUT2D eigenvalue weighted by atomic mass is 10.1. The van der Waals surface area contributed by atoms with E-state index in [0.29, 0.717) is 24.3 Å². The average Bonchev–Trinajstić information content (AvgIpc) is 2.43. The number of carbonyl (C=O) groups is 2. The van der Waals surface area contributed by atoms with Crippen LogP contribution < -0.4 is 11.1 Å². The van der Waals surface area contributed by atoms with E-state index in [-0.39, 0.29) is 18.7 Å². The number of aromatic nitrogens is 1. The summed E-state index contributed by atoms with van der Waals surface area (Å²) in [6.45, 7) is 0.356. The van der Waals surface area contributed by atoms with Crippen LogP contribution >= 0.6 is 0 Å². The fourth-order valence-electron chi connectivity index (χ4n) is 1.98. The topological polar surface area (TPSA) is 105 Å². The molecule has 4 N–H and O–H groups in total. The van der Waals surface area contributed by atoms with Gasteiger partial charge in [-0.05, 0) is 30.7 Å². The monoisotopic (exact) mass is 287 g/mol. The second-order valence-corrected chi connectivity index (χ2v) is 4.78. The van der Waals surface area contributed by atoms with Crippen LogP contribution in [0.3, 0.4) is 0 Å². The van der Waals surface area contributed by atoms with E-state index < -0.39 is 5.97 Å². The second-order valence-electron chi connectivity index (χ2n) is 4.78. The van der Waals surface area contributed by atoms with Crippen LogP contribution in [0.1, 0.15) is 18.5 Å². The maximum Gasteiger partial charge on any atom is 0.303 e. The van der Waals surface area contributed by atoms with Crippen LogP contribution in [0.25, 0.3) is 10.9 Å². The van der Waals surface area contributed by atoms with Crippen LogP contribution in [-0.2, 0) is 16.0 Å². The average molecular weight is 287 g/mol. The van der Waals surface area contributed by atoms with Gasteiger partial charge >= 0.3 is 5.97 Å². The van der Waals surface area contributed by atoms with Crippen LogP contribution in [0.2, 0.25) is 0 Å². The van der Waals surface area contributed by atoms with Crippen molar-refractivity contribution < 1.29 is 14.7 Å². The highest BCUT2D eigenvalue weighted by Gasteiger charge is 2.06. The SMILES string of the molecule is Nc1ccc2nc(CC(=O)NCCCC(=O)O)ccc2c1. The molecule has 0 spiro atoms. The lowest BCUT2D eigenvalue weighted by Crippen LogP contribution is -2.26. The van der Waals surface area contributed by atoms with Crippen molar-refractivity contribution in [3.05, 3.63) is 36.0 Å². The summed E-state index contributed by atoms with van der Waals surface area (Å²) in [6, 6.07) is 9.09. The number of carbonyl (C=O) groups excluding carboxylic acids is 1. The molecule has 1 amide bonds. The van der Waals surface area contributed by atoms with Gasteiger partial charge < -0.3 is 16.2 Å². The fraction of sp³-hybridized carbons (Fsp3) is 0.267. The standard InChI is InChI=1S/C15H17N3O3/c16-11-4-6-13-10(8-11)3-5-12(18-13)9-14(19)17-7-1-2-15(20)21/h3-6,8H,1-2,7,9,16H2,(H,17,19)(H,20,21). The number of amides is 1. The first-order valence-electron chi connectivity index (χ1n) is 6.68. The largest absolute Gasteiger partial charge is 0.481 e. The van der Waals surface area contributed by atoms with Crippen molar-refractivity contribution in [3.8, 4) is 0 Å². The number of benzene rings is 1. The Balaban J connectivity index is 1.92. The van der Waals surface area contributed by atoms with E-state index in [2.05, 4.69) is 10.3 Å². The van der Waals surface area contributed by atoms with Crippen LogP contribution in [0.5, 0.6) is 0 Å². The molecular formula is C15H17N3O3. The minimum Gasteiger partial charge on any atom is -0.481 e. The maximum absolute atomic E-state index is 11.7. The number of anilines is 1. The number of carboxylic acid groups (broad SMARTS) is 1. The number of rotatable bonds is 6. The van der Waals surface area contributed by atoms with E-state index in [0.717, 1.165) is 10.9 Å². The molecule has 21 heavy (non-hydrogen) atoms. The Morgan fingerprint density at radius 3 is 2.81 bits per heavy atom. The number of pyridine rings is 1. The first-order valence-corrected chi connectivity index (χ1v) is 6.68. The van der Waals surface area contributed by atoms with Gasteiger partial charge in [0.25, 0.3) is 0 Å². The summed E-state index contributed by atoms with van der Waals surface area (Å²) in [5.74, 6) is -1.03. The summed E-state index contributed by atoms with van der Waals surface area (Å²) in [6.07, 6.45) is 0.648. The Morgan fingerprint density at radius 1 is 1.24 bits per heavy atom. The van der Waals surface area contributed by atoms with Gasteiger partial charge in [-0.25, -0.2) is 0 Å². The zero-order valence-electron chi connectivity index (χ0n) is 11.5. The molecule has 0 unspecified atom stereocenters. The predicted molar refractivity (Wildman–Crippen MR) is 79.7 cm³/mol. The van der Waals surface area contributed by atoms with Crippen molar-refractivity contribution in [1.82, 2.24) is 10.3 Å². The summed E-state index contributed by atoms with van der Waals surface area (Å²) >= 11 is 0. The fourth-order valence-corrected chi connectivity index (χ4v) is 1.98. The van der Waals surface area contributed by atoms with Crippen LogP contribution in [-0.4, -0.2) is 28.5 Å². The van der Waals surface area contributed by atoms with Gasteiger partial charge in [-0.3, -0.25) is 14.6 Å². The Hall–Kier alpha value is -2.63. The van der Waals surface area contributed by atoms with Gasteiger partial charge in [0.05, 0.1) is 17.6 Å². The normalized spacial score (nSPS) is 10.5. The molecular weight excluding hydrogens is 270 g/mol. The molecule has 0 aliphatic carbocycles. The molecule has 0 saturated heterocycles. The van der Waals surface area contributed by atoms with Crippen molar-refractivity contribution >= 4 is 28.5 Å². The third kappa shape index (κ3) is 4.45. The molecule has 1 aromatic heterocycles. The number of carboxylic acids is 1. The molecule has 2 aromatic rings. The Kier molecular flexibility index (Phi) is 4.71. The van der Waals surface area contributed by atoms with Gasteiger partial charge in [0, 0.05) is 24.0 Å². The van der Waals surface area contributed by atoms with Crippen LogP contribution in [0.15, 0.2) is 30.3 Å². The number of nitrogen functional groups attached to an aromatic ring is 1. The molecule has 0 radical (unpaired) electrons. The smallest absolute Gasteiger partial charge is 0.303 e. The number of hydrogen-bond donors (Lipinski definition) is 3. The van der Waals surface area contributed by atoms with Gasteiger partial charge in [0.1, 0.15) is 0 Å². The molecule has 1 heterocycles. The number of fused-ring (bicyclic) bond motifs is 1. The van der Waals surface area contributed by atoms with Gasteiger partial charge in [0.15, 0.2) is 0 Å². The maximum atomic E-state index is 11.7. The first-order chi connectivity index (χ1) is 10.0. The van der Waals surface area contributed by atoms with Gasteiger partial charge in [-0.15, -0.1) is 0 Å². The third-order valence-corrected chi connectivity index (χ3v) is 3.00. The van der Waals surface area contributed by atoms with E-state index in [1.165, 1.54) is 0 Å². The molecule has 6 heteroatoms. The molecule has 0 fully saturated rings. The molecule has 2 rings (SSSR count). The van der Waals surface area contributed by atoms with E-state index in [9.17, 15) is 9.59 Å². The highest BCUT2D eigenvalue weighted by molar-refractivity contribution is 5.83. The van der Waals surface area contributed by atoms with Gasteiger partial charge in [0.2, 0.25) is 5.91 Å². The summed E-state index contributed by atoms with van der Waals surface area (Å²) in [5, 5.41) is 12.1. The zero-order chi connectivity index (χ0) is 15.2. The van der Waals surface area contributed by atoms with E-state index >= 15 is 0 Å². The first kappa shape index (κ1) is 14.8. The Bertz CT molecular complexity index is 670. The Morgan fingerprint density at radius 2 is 2.05 bits per heavy atom. The number of nitrogens with one attached hydrogen (secondary N) is 1. The highest BCUT2D eigenvalue weighted by atomic mass is 16.4. The predicted octanol–water partition coefficient (Wildman–Crippen LogP) is 1.34. The second kappa shape index (κ2) is 6.69. The number of aliphatic carboxylic acids is 1. The number of nitrogens with two attached hydrogens (primary N) is 1. The molecule has 0 saturated carbocycles. The van der Waals surface area contributed by atoms with E-state index in [4.69, 9.17) is 10.8 Å². The van der Waals surface area contributed by atoms with Crippen molar-refractivity contribution in [3.63, 3.8) is 0 Å². The van der Waals surface area contributed by atoms with E-state index in [1.807, 2.05) is 18.2 Å². The molecule has 110 valence electrons. The lowest BCUT2D eigenvalue weighted by Gasteiger charge is -2.05. The summed E-state index contributed by atoms with van der Waals surface area (Å²) in [7, 11) is 0. The number of nitrogens with zero attached hydrogens (tertiary/aromatic N) is 1. The molecule has 1 aromatic carbocycles. The molecule has 0 bridgehead atoms. The molecule has 0 aliphatic rings. The van der Waals surface area contributed by atoms with Crippen molar-refractivity contribution in [2.75, 3.05) is 12.3 Å². The van der Waals surface area contributed by atoms with Crippen LogP contribution in [0, 0.1) is 0 Å². The minimum absolute atomic E-state index is 0.0515. The van der Waals surface area contributed by atoms with Crippen molar-refractivity contribution in [2.24, 2.45) is 0 Å². The highest BCUT2D eigenvalue weighted by Crippen LogP contribution is 2.16. The summed E-state index contributed by atoms with van der Waals surface area (Å²) < 4.78 is 0. The zero-order valence-corrected chi connectivity index (χ0v) is 11.5.